The van der Waals surface area contributed by atoms with Crippen molar-refractivity contribution < 1.29 is 9.90 Å². The Kier molecular flexibility index (Phi) is 5.54. The lowest BCUT2D eigenvalue weighted by atomic mass is 9.78. The van der Waals surface area contributed by atoms with E-state index in [-0.39, 0.29) is 11.8 Å². The molecule has 1 saturated heterocycles. The molecule has 0 bridgehead atoms. The molecule has 0 saturated carbocycles. The average molecular weight is 337 g/mol. The summed E-state index contributed by atoms with van der Waals surface area (Å²) in [7, 11) is 0. The lowest BCUT2D eigenvalue weighted by Crippen LogP contribution is -2.53. The van der Waals surface area contributed by atoms with E-state index in [9.17, 15) is 9.90 Å². The Bertz CT molecular complexity index is 682. The minimum atomic E-state index is -0.902. The molecule has 2 aromatic carbocycles. The van der Waals surface area contributed by atoms with Crippen LogP contribution in [0.15, 0.2) is 60.7 Å². The zero-order chi connectivity index (χ0) is 17.7. The highest BCUT2D eigenvalue weighted by Gasteiger charge is 2.43. The first-order chi connectivity index (χ1) is 12.1. The molecule has 0 aliphatic carbocycles. The highest BCUT2D eigenvalue weighted by Crippen LogP contribution is 2.33. The van der Waals surface area contributed by atoms with Crippen molar-refractivity contribution >= 4 is 5.91 Å². The second-order valence-corrected chi connectivity index (χ2v) is 7.28. The van der Waals surface area contributed by atoms with Gasteiger partial charge >= 0.3 is 0 Å². The minimum absolute atomic E-state index is 0.0909. The van der Waals surface area contributed by atoms with Crippen LogP contribution in [0.3, 0.4) is 0 Å². The summed E-state index contributed by atoms with van der Waals surface area (Å²) in [6.45, 7) is 3.07. The molecule has 0 radical (unpaired) electrons. The van der Waals surface area contributed by atoms with Crippen LogP contribution < -0.4 is 0 Å². The fourth-order valence-electron chi connectivity index (χ4n) is 3.68. The number of carbonyl (C=O) groups excluding carboxylic acids is 1. The number of aryl methyl sites for hydroxylation is 1. The highest BCUT2D eigenvalue weighted by molar-refractivity contribution is 5.81. The van der Waals surface area contributed by atoms with Crippen LogP contribution >= 0.6 is 0 Å². The Morgan fingerprint density at radius 3 is 2.28 bits per heavy atom. The van der Waals surface area contributed by atoms with Crippen molar-refractivity contribution in [2.75, 3.05) is 6.54 Å². The molecule has 25 heavy (non-hydrogen) atoms. The Morgan fingerprint density at radius 1 is 1.04 bits per heavy atom. The van der Waals surface area contributed by atoms with Gasteiger partial charge in [0.25, 0.3) is 0 Å². The smallest absolute Gasteiger partial charge is 0.228 e. The van der Waals surface area contributed by atoms with Crippen LogP contribution in [0.1, 0.15) is 37.3 Å². The van der Waals surface area contributed by atoms with Crippen molar-refractivity contribution in [1.29, 1.82) is 0 Å². The molecule has 3 nitrogen and oxygen atoms in total. The summed E-state index contributed by atoms with van der Waals surface area (Å²) in [6, 6.07) is 20.4. The van der Waals surface area contributed by atoms with Crippen LogP contribution in [0.2, 0.25) is 0 Å². The van der Waals surface area contributed by atoms with E-state index in [2.05, 4.69) is 12.1 Å². The van der Waals surface area contributed by atoms with Gasteiger partial charge in [0.2, 0.25) is 5.91 Å². The first-order valence-corrected chi connectivity index (χ1v) is 9.15. The maximum Gasteiger partial charge on any atom is 0.228 e. The van der Waals surface area contributed by atoms with E-state index in [1.54, 1.807) is 0 Å². The molecule has 1 aliphatic rings. The predicted octanol–water partition coefficient (Wildman–Crippen LogP) is 3.81. The number of rotatable bonds is 6. The van der Waals surface area contributed by atoms with Crippen LogP contribution in [-0.2, 0) is 17.8 Å². The van der Waals surface area contributed by atoms with Crippen LogP contribution in [0.4, 0.5) is 0 Å². The zero-order valence-electron chi connectivity index (χ0n) is 14.9. The number of aliphatic hydroxyl groups is 1. The van der Waals surface area contributed by atoms with Crippen molar-refractivity contribution in [1.82, 2.24) is 4.90 Å². The van der Waals surface area contributed by atoms with E-state index in [0.29, 0.717) is 19.5 Å². The van der Waals surface area contributed by atoms with Crippen LogP contribution in [0.25, 0.3) is 0 Å². The molecule has 0 aromatic heterocycles. The fraction of sp³-hybridized carbons (Fsp3) is 0.409. The van der Waals surface area contributed by atoms with Gasteiger partial charge in [-0.2, -0.15) is 0 Å². The molecule has 1 N–H and O–H groups in total. The van der Waals surface area contributed by atoms with E-state index >= 15 is 0 Å². The largest absolute Gasteiger partial charge is 0.389 e. The van der Waals surface area contributed by atoms with Gasteiger partial charge in [0.05, 0.1) is 11.5 Å². The van der Waals surface area contributed by atoms with Gasteiger partial charge in [0.15, 0.2) is 0 Å². The maximum atomic E-state index is 13.0. The molecule has 2 aromatic rings. The van der Waals surface area contributed by atoms with Crippen molar-refractivity contribution in [3.63, 3.8) is 0 Å². The fourth-order valence-corrected chi connectivity index (χ4v) is 3.68. The van der Waals surface area contributed by atoms with E-state index < -0.39 is 5.60 Å². The van der Waals surface area contributed by atoms with Gasteiger partial charge in [-0.1, -0.05) is 60.7 Å². The zero-order valence-corrected chi connectivity index (χ0v) is 14.9. The Morgan fingerprint density at radius 2 is 1.64 bits per heavy atom. The maximum absolute atomic E-state index is 13.0. The van der Waals surface area contributed by atoms with Crippen LogP contribution in [0, 0.1) is 5.92 Å². The van der Waals surface area contributed by atoms with E-state index in [1.165, 1.54) is 5.56 Å². The monoisotopic (exact) mass is 337 g/mol. The topological polar surface area (TPSA) is 40.5 Å². The van der Waals surface area contributed by atoms with Crippen LogP contribution in [0.5, 0.6) is 0 Å². The van der Waals surface area contributed by atoms with Gasteiger partial charge < -0.3 is 10.0 Å². The van der Waals surface area contributed by atoms with Gasteiger partial charge in [-0.05, 0) is 43.7 Å². The van der Waals surface area contributed by atoms with Gasteiger partial charge in [0, 0.05) is 13.1 Å². The summed E-state index contributed by atoms with van der Waals surface area (Å²) in [4.78, 5) is 14.9. The average Bonchev–Trinajstić information content (AvgIpc) is 2.62. The third-order valence-corrected chi connectivity index (χ3v) is 5.27. The Labute approximate surface area is 150 Å². The number of likely N-dealkylation sites (tertiary alicyclic amines) is 1. The van der Waals surface area contributed by atoms with Gasteiger partial charge in [-0.15, -0.1) is 0 Å². The van der Waals surface area contributed by atoms with Crippen molar-refractivity contribution in [3.05, 3.63) is 71.8 Å². The lowest BCUT2D eigenvalue weighted by Gasteiger charge is -2.42. The molecule has 3 heteroatoms. The quantitative estimate of drug-likeness (QED) is 0.871. The highest BCUT2D eigenvalue weighted by atomic mass is 16.3. The molecule has 1 aliphatic heterocycles. The summed E-state index contributed by atoms with van der Waals surface area (Å²) >= 11 is 0. The predicted molar refractivity (Wildman–Crippen MR) is 100.0 cm³/mol. The molecule has 3 rings (SSSR count). The molecule has 132 valence electrons. The molecular weight excluding hydrogens is 310 g/mol. The first kappa shape index (κ1) is 17.7. The normalized spacial score (nSPS) is 23.7. The standard InChI is InChI=1S/C22H27NO2/c1-22(25)15-16-23(17-19-11-6-3-7-12-19)21(24)20(22)14-8-13-18-9-4-2-5-10-18/h2-7,9-12,20,25H,8,13-17H2,1H3/t20-,22+/m0/s1. The van der Waals surface area contributed by atoms with E-state index in [0.717, 1.165) is 24.8 Å². The number of carbonyl (C=O) groups is 1. The number of piperidine rings is 1. The number of benzene rings is 2. The second-order valence-electron chi connectivity index (χ2n) is 7.28. The molecule has 0 spiro atoms. The SMILES string of the molecule is C[C@@]1(O)CCN(Cc2ccccc2)C(=O)[C@@H]1CCCc1ccccc1. The molecule has 2 atom stereocenters. The van der Waals surface area contributed by atoms with Gasteiger partial charge in [-0.25, -0.2) is 0 Å². The summed E-state index contributed by atoms with van der Waals surface area (Å²) in [5.74, 6) is -0.221. The third-order valence-electron chi connectivity index (χ3n) is 5.27. The number of hydrogen-bond donors (Lipinski definition) is 1. The molecule has 1 fully saturated rings. The summed E-state index contributed by atoms with van der Waals surface area (Å²) < 4.78 is 0. The van der Waals surface area contributed by atoms with Crippen molar-refractivity contribution in [2.45, 2.75) is 44.8 Å². The summed E-state index contributed by atoms with van der Waals surface area (Å²) in [5.41, 5.74) is 1.52. The lowest BCUT2D eigenvalue weighted by molar-refractivity contribution is -0.154. The van der Waals surface area contributed by atoms with E-state index in [1.807, 2.05) is 60.4 Å². The summed E-state index contributed by atoms with van der Waals surface area (Å²) in [6.07, 6.45) is 3.22. The Balaban J connectivity index is 1.62. The van der Waals surface area contributed by atoms with Gasteiger partial charge in [-0.3, -0.25) is 4.79 Å². The van der Waals surface area contributed by atoms with Gasteiger partial charge in [0.1, 0.15) is 0 Å². The number of hydrogen-bond acceptors (Lipinski definition) is 2. The number of nitrogens with zero attached hydrogens (tertiary/aromatic N) is 1. The molecule has 1 amide bonds. The van der Waals surface area contributed by atoms with Crippen molar-refractivity contribution in [3.8, 4) is 0 Å². The molecule has 0 unspecified atom stereocenters. The third kappa shape index (κ3) is 4.49. The minimum Gasteiger partial charge on any atom is -0.389 e. The second kappa shape index (κ2) is 7.83. The molecule has 1 heterocycles. The van der Waals surface area contributed by atoms with Crippen LogP contribution in [-0.4, -0.2) is 28.1 Å². The first-order valence-electron chi connectivity index (χ1n) is 9.15. The summed E-state index contributed by atoms with van der Waals surface area (Å²) in [5, 5.41) is 10.7. The number of amides is 1. The Hall–Kier alpha value is -2.13. The van der Waals surface area contributed by atoms with Crippen molar-refractivity contribution in [2.24, 2.45) is 5.92 Å². The van der Waals surface area contributed by atoms with E-state index in [4.69, 9.17) is 0 Å². The molecular formula is C22H27NO2.